The lowest BCUT2D eigenvalue weighted by Crippen LogP contribution is -2.41. The van der Waals surface area contributed by atoms with Gasteiger partial charge in [0.1, 0.15) is 10.7 Å². The van der Waals surface area contributed by atoms with Crippen molar-refractivity contribution in [2.45, 2.75) is 17.9 Å². The Morgan fingerprint density at radius 3 is 2.33 bits per heavy atom. The third kappa shape index (κ3) is 4.86. The molecule has 0 unspecified atom stereocenters. The summed E-state index contributed by atoms with van der Waals surface area (Å²) in [7, 11) is -4.15. The molecule has 0 N–H and O–H groups in total. The molecule has 2 aromatic carbocycles. The van der Waals surface area contributed by atoms with E-state index in [1.54, 1.807) is 0 Å². The first-order chi connectivity index (χ1) is 14.2. The van der Waals surface area contributed by atoms with Crippen LogP contribution in [-0.4, -0.2) is 56.9 Å². The van der Waals surface area contributed by atoms with Gasteiger partial charge in [-0.2, -0.15) is 4.31 Å². The second-order valence-corrected chi connectivity index (χ2v) is 8.92. The third-order valence-electron chi connectivity index (χ3n) is 4.54. The minimum atomic E-state index is -4.15. The zero-order valence-electron chi connectivity index (χ0n) is 16.0. The van der Waals surface area contributed by atoms with Gasteiger partial charge in [-0.3, -0.25) is 4.79 Å². The number of benzene rings is 2. The SMILES string of the molecule is C[C@@H](OC(=O)c1ccc(F)c(S(=O)(=O)N2CCOCC2)c1)C(=O)c1ccc(Cl)cc1. The van der Waals surface area contributed by atoms with E-state index in [-0.39, 0.29) is 31.9 Å². The van der Waals surface area contributed by atoms with Gasteiger partial charge in [0.05, 0.1) is 18.8 Å². The van der Waals surface area contributed by atoms with Crippen LogP contribution in [0.2, 0.25) is 5.02 Å². The number of halogens is 2. The van der Waals surface area contributed by atoms with Gasteiger partial charge in [-0.1, -0.05) is 11.6 Å². The number of carbonyl (C=O) groups excluding carboxylic acids is 2. The minimum absolute atomic E-state index is 0.0864. The van der Waals surface area contributed by atoms with Crippen LogP contribution in [0.25, 0.3) is 0 Å². The Labute approximate surface area is 178 Å². The quantitative estimate of drug-likeness (QED) is 0.491. The van der Waals surface area contributed by atoms with Crippen molar-refractivity contribution in [2.75, 3.05) is 26.3 Å². The Kier molecular flexibility index (Phi) is 6.87. The Bertz CT molecular complexity index is 1050. The lowest BCUT2D eigenvalue weighted by Gasteiger charge is -2.26. The standard InChI is InChI=1S/C20H19ClFNO6S/c1-13(19(24)14-2-5-16(21)6-3-14)29-20(25)15-4-7-17(22)18(12-15)30(26,27)23-8-10-28-11-9-23/h2-7,12-13H,8-11H2,1H3/t13-/m1/s1. The molecule has 30 heavy (non-hydrogen) atoms. The van der Waals surface area contributed by atoms with E-state index in [2.05, 4.69) is 0 Å². The molecule has 0 saturated carbocycles. The van der Waals surface area contributed by atoms with Crippen LogP contribution in [0.5, 0.6) is 0 Å². The third-order valence-corrected chi connectivity index (χ3v) is 6.70. The molecule has 1 atom stereocenters. The number of sulfonamides is 1. The molecule has 3 rings (SSSR count). The van der Waals surface area contributed by atoms with Crippen molar-refractivity contribution in [3.8, 4) is 0 Å². The van der Waals surface area contributed by atoms with Gasteiger partial charge in [0.2, 0.25) is 15.8 Å². The molecule has 0 spiro atoms. The van der Waals surface area contributed by atoms with Gasteiger partial charge in [-0.15, -0.1) is 0 Å². The highest BCUT2D eigenvalue weighted by atomic mass is 35.5. The first-order valence-corrected chi connectivity index (χ1v) is 10.9. The van der Waals surface area contributed by atoms with Crippen molar-refractivity contribution in [1.82, 2.24) is 4.31 Å². The average Bonchev–Trinajstić information content (AvgIpc) is 2.74. The largest absolute Gasteiger partial charge is 0.451 e. The summed E-state index contributed by atoms with van der Waals surface area (Å²) in [6.07, 6.45) is -1.14. The van der Waals surface area contributed by atoms with E-state index in [4.69, 9.17) is 21.1 Å². The second kappa shape index (κ2) is 9.22. The van der Waals surface area contributed by atoms with E-state index in [9.17, 15) is 22.4 Å². The molecule has 0 aromatic heterocycles. The Morgan fingerprint density at radius 1 is 1.10 bits per heavy atom. The molecule has 2 aromatic rings. The molecule has 1 aliphatic rings. The van der Waals surface area contributed by atoms with Crippen LogP contribution in [0.15, 0.2) is 47.4 Å². The molecular formula is C20H19ClFNO6S. The summed E-state index contributed by atoms with van der Waals surface area (Å²) in [5, 5.41) is 0.455. The molecule has 1 heterocycles. The Morgan fingerprint density at radius 2 is 1.70 bits per heavy atom. The van der Waals surface area contributed by atoms with E-state index in [0.717, 1.165) is 22.5 Å². The topological polar surface area (TPSA) is 90.0 Å². The van der Waals surface area contributed by atoms with Gasteiger partial charge in [0, 0.05) is 23.7 Å². The van der Waals surface area contributed by atoms with Gasteiger partial charge < -0.3 is 9.47 Å². The zero-order chi connectivity index (χ0) is 21.9. The predicted octanol–water partition coefficient (Wildman–Crippen LogP) is 2.93. The number of Topliss-reactive ketones (excluding diaryl/α,β-unsaturated/α-hetero) is 1. The molecule has 0 aliphatic carbocycles. The number of carbonyl (C=O) groups is 2. The molecule has 1 aliphatic heterocycles. The van der Waals surface area contributed by atoms with Crippen LogP contribution in [0, 0.1) is 5.82 Å². The number of morpholine rings is 1. The van der Waals surface area contributed by atoms with Gasteiger partial charge >= 0.3 is 5.97 Å². The second-order valence-electron chi connectivity index (χ2n) is 6.58. The maximum Gasteiger partial charge on any atom is 0.338 e. The number of nitrogens with zero attached hydrogens (tertiary/aromatic N) is 1. The maximum absolute atomic E-state index is 14.3. The number of hydrogen-bond donors (Lipinski definition) is 0. The van der Waals surface area contributed by atoms with Crippen LogP contribution in [0.3, 0.4) is 0 Å². The minimum Gasteiger partial charge on any atom is -0.451 e. The monoisotopic (exact) mass is 455 g/mol. The number of esters is 1. The summed E-state index contributed by atoms with van der Waals surface area (Å²) in [6, 6.07) is 8.98. The van der Waals surface area contributed by atoms with Gasteiger partial charge in [-0.25, -0.2) is 17.6 Å². The van der Waals surface area contributed by atoms with E-state index < -0.39 is 38.6 Å². The summed E-state index contributed by atoms with van der Waals surface area (Å²) in [6.45, 7) is 1.97. The van der Waals surface area contributed by atoms with Gasteiger partial charge in [0.15, 0.2) is 6.10 Å². The number of rotatable bonds is 6. The fourth-order valence-electron chi connectivity index (χ4n) is 2.89. The smallest absolute Gasteiger partial charge is 0.338 e. The van der Waals surface area contributed by atoms with Crippen LogP contribution >= 0.6 is 11.6 Å². The maximum atomic E-state index is 14.3. The van der Waals surface area contributed by atoms with Crippen LogP contribution in [0.1, 0.15) is 27.6 Å². The lowest BCUT2D eigenvalue weighted by atomic mass is 10.1. The average molecular weight is 456 g/mol. The van der Waals surface area contributed by atoms with Crippen molar-refractivity contribution in [1.29, 1.82) is 0 Å². The summed E-state index contributed by atoms with van der Waals surface area (Å²) in [4.78, 5) is 24.3. The van der Waals surface area contributed by atoms with Crippen LogP contribution in [-0.2, 0) is 19.5 Å². The number of hydrogen-bond acceptors (Lipinski definition) is 6. The highest BCUT2D eigenvalue weighted by Gasteiger charge is 2.30. The molecule has 0 radical (unpaired) electrons. The van der Waals surface area contributed by atoms with Gasteiger partial charge in [-0.05, 0) is 49.4 Å². The summed E-state index contributed by atoms with van der Waals surface area (Å²) < 4.78 is 51.1. The number of ketones is 1. The van der Waals surface area contributed by atoms with E-state index in [1.165, 1.54) is 31.2 Å². The van der Waals surface area contributed by atoms with Crippen molar-refractivity contribution < 1.29 is 31.9 Å². The van der Waals surface area contributed by atoms with Crippen LogP contribution in [0.4, 0.5) is 4.39 Å². The highest BCUT2D eigenvalue weighted by molar-refractivity contribution is 7.89. The first kappa shape index (κ1) is 22.4. The molecule has 10 heteroatoms. The summed E-state index contributed by atoms with van der Waals surface area (Å²) in [5.74, 6) is -2.38. The lowest BCUT2D eigenvalue weighted by molar-refractivity contribution is 0.0318. The van der Waals surface area contributed by atoms with E-state index in [1.807, 2.05) is 0 Å². The molecular weight excluding hydrogens is 437 g/mol. The van der Waals surface area contributed by atoms with Crippen molar-refractivity contribution in [3.63, 3.8) is 0 Å². The van der Waals surface area contributed by atoms with Gasteiger partial charge in [0.25, 0.3) is 0 Å². The summed E-state index contributed by atoms with van der Waals surface area (Å²) in [5.41, 5.74) is 0.119. The van der Waals surface area contributed by atoms with E-state index in [0.29, 0.717) is 10.6 Å². The van der Waals surface area contributed by atoms with Crippen LogP contribution < -0.4 is 0 Å². The van der Waals surface area contributed by atoms with Crippen molar-refractivity contribution in [3.05, 3.63) is 64.4 Å². The Hall–Kier alpha value is -2.33. The Balaban J connectivity index is 1.78. The highest BCUT2D eigenvalue weighted by Crippen LogP contribution is 2.23. The normalized spacial score (nSPS) is 16.1. The molecule has 1 fully saturated rings. The zero-order valence-corrected chi connectivity index (χ0v) is 17.6. The predicted molar refractivity (Wildman–Crippen MR) is 107 cm³/mol. The molecule has 7 nitrogen and oxygen atoms in total. The van der Waals surface area contributed by atoms with E-state index >= 15 is 0 Å². The summed E-state index contributed by atoms with van der Waals surface area (Å²) >= 11 is 5.79. The van der Waals surface area contributed by atoms with Crippen molar-refractivity contribution in [2.24, 2.45) is 0 Å². The molecule has 0 amide bonds. The molecule has 0 bridgehead atoms. The first-order valence-electron chi connectivity index (χ1n) is 9.08. The van der Waals surface area contributed by atoms with Crippen molar-refractivity contribution >= 4 is 33.4 Å². The number of ether oxygens (including phenoxy) is 2. The fraction of sp³-hybridized carbons (Fsp3) is 0.300. The fourth-order valence-corrected chi connectivity index (χ4v) is 4.51. The molecule has 1 saturated heterocycles. The molecule has 160 valence electrons.